The number of nitrogens with one attached hydrogen (secondary N) is 2. The smallest absolute Gasteiger partial charge is 0.265 e. The molecule has 0 aliphatic heterocycles. The van der Waals surface area contributed by atoms with Gasteiger partial charge >= 0.3 is 0 Å². The number of primary amides is 3. The van der Waals surface area contributed by atoms with E-state index in [1.165, 1.54) is 12.1 Å². The van der Waals surface area contributed by atoms with Gasteiger partial charge in [-0.05, 0) is 114 Å². The van der Waals surface area contributed by atoms with Crippen molar-refractivity contribution in [3.8, 4) is 45.5 Å². The van der Waals surface area contributed by atoms with E-state index in [1.54, 1.807) is 116 Å². The fourth-order valence-electron chi connectivity index (χ4n) is 7.23. The van der Waals surface area contributed by atoms with Crippen molar-refractivity contribution in [1.29, 1.82) is 10.5 Å². The van der Waals surface area contributed by atoms with Crippen LogP contribution in [0.5, 0.6) is 0 Å². The second-order valence-electron chi connectivity index (χ2n) is 14.0. The average molecular weight is 877 g/mol. The minimum atomic E-state index is -0.556. The Hall–Kier alpha value is -8.37. The average Bonchev–Trinajstić information content (AvgIpc) is 3.97. The van der Waals surface area contributed by atoms with E-state index in [2.05, 4.69) is 37.1 Å². The Morgan fingerprint density at radius 1 is 0.667 bits per heavy atom. The lowest BCUT2D eigenvalue weighted by molar-refractivity contribution is 0.0985. The number of aromatic amines is 2. The van der Waals surface area contributed by atoms with Crippen molar-refractivity contribution in [3.05, 3.63) is 160 Å². The Kier molecular flexibility index (Phi) is 12.0. The number of nitriles is 2. The maximum Gasteiger partial charge on any atom is 0.265 e. The van der Waals surface area contributed by atoms with Crippen molar-refractivity contribution < 1.29 is 18.8 Å². The van der Waals surface area contributed by atoms with Crippen LogP contribution >= 0.6 is 23.2 Å². The molecule has 0 spiro atoms. The van der Waals surface area contributed by atoms with Crippen LogP contribution in [0.2, 0.25) is 10.3 Å². The van der Waals surface area contributed by atoms with Crippen molar-refractivity contribution in [3.63, 3.8) is 0 Å². The molecule has 0 fully saturated rings. The van der Waals surface area contributed by atoms with E-state index < -0.39 is 17.7 Å². The summed E-state index contributed by atoms with van der Waals surface area (Å²) < 4.78 is 15.6. The first-order valence-electron chi connectivity index (χ1n) is 18.6. The third kappa shape index (κ3) is 8.78. The van der Waals surface area contributed by atoms with Crippen molar-refractivity contribution in [1.82, 2.24) is 29.5 Å². The number of rotatable bonds is 6. The lowest BCUT2D eigenvalue weighted by atomic mass is 10.0. The number of carbonyl (C=O) groups is 3. The van der Waals surface area contributed by atoms with Crippen molar-refractivity contribution in [2.24, 2.45) is 24.2 Å². The summed E-state index contributed by atoms with van der Waals surface area (Å²) in [6.45, 7) is 1.74. The summed E-state index contributed by atoms with van der Waals surface area (Å²) in [5.74, 6) is -1.98. The van der Waals surface area contributed by atoms with Gasteiger partial charge in [-0.3, -0.25) is 19.4 Å². The highest BCUT2D eigenvalue weighted by atomic mass is 35.5. The summed E-state index contributed by atoms with van der Waals surface area (Å²) in [4.78, 5) is 52.1. The van der Waals surface area contributed by atoms with Gasteiger partial charge in [0.15, 0.2) is 0 Å². The van der Waals surface area contributed by atoms with Crippen LogP contribution in [0.3, 0.4) is 0 Å². The summed E-state index contributed by atoms with van der Waals surface area (Å²) in [7, 11) is 1.76. The summed E-state index contributed by atoms with van der Waals surface area (Å²) in [6, 6.07) is 27.9. The third-order valence-corrected chi connectivity index (χ3v) is 10.5. The van der Waals surface area contributed by atoms with E-state index in [9.17, 15) is 24.0 Å². The lowest BCUT2D eigenvalue weighted by Crippen LogP contribution is -2.14. The Bertz CT molecular complexity index is 3380. The van der Waals surface area contributed by atoms with Gasteiger partial charge in [-0.1, -0.05) is 23.2 Å². The Morgan fingerprint density at radius 3 is 1.81 bits per heavy atom. The molecule has 0 radical (unpaired) electrons. The molecule has 3 aromatic carbocycles. The Labute approximate surface area is 367 Å². The normalized spacial score (nSPS) is 10.7. The monoisotopic (exact) mass is 875 g/mol. The largest absolute Gasteiger partial charge is 0.364 e. The molecule has 0 unspecified atom stereocenters. The molecule has 0 aliphatic carbocycles. The van der Waals surface area contributed by atoms with Gasteiger partial charge in [0.25, 0.3) is 17.7 Å². The number of H-pyrrole nitrogens is 2. The molecular formula is C46H32Cl2FN11O3. The first-order chi connectivity index (χ1) is 30.2. The molecule has 0 saturated heterocycles. The quantitative estimate of drug-likeness (QED) is 0.101. The molecule has 0 aliphatic rings. The molecular weight excluding hydrogens is 844 g/mol. The van der Waals surface area contributed by atoms with Crippen molar-refractivity contribution in [2.75, 3.05) is 0 Å². The van der Waals surface area contributed by atoms with E-state index >= 15 is 0 Å². The molecule has 0 saturated carbocycles. The van der Waals surface area contributed by atoms with Gasteiger partial charge in [0.05, 0.1) is 39.8 Å². The van der Waals surface area contributed by atoms with Gasteiger partial charge in [-0.25, -0.2) is 14.4 Å². The van der Waals surface area contributed by atoms with E-state index in [4.69, 9.17) is 45.7 Å². The highest BCUT2D eigenvalue weighted by Gasteiger charge is 2.18. The predicted molar refractivity (Wildman–Crippen MR) is 239 cm³/mol. The van der Waals surface area contributed by atoms with Gasteiger partial charge in [0, 0.05) is 64.7 Å². The van der Waals surface area contributed by atoms with Crippen molar-refractivity contribution >= 4 is 73.6 Å². The van der Waals surface area contributed by atoms with Crippen LogP contribution in [0, 0.1) is 35.4 Å². The molecule has 9 aromatic rings. The summed E-state index contributed by atoms with van der Waals surface area (Å²) >= 11 is 11.9. The van der Waals surface area contributed by atoms with E-state index in [-0.39, 0.29) is 5.82 Å². The zero-order valence-corrected chi connectivity index (χ0v) is 34.7. The zero-order chi connectivity index (χ0) is 45.1. The molecule has 63 heavy (non-hydrogen) atoms. The first-order valence-corrected chi connectivity index (χ1v) is 19.4. The summed E-state index contributed by atoms with van der Waals surface area (Å²) in [6.07, 6.45) is 6.45. The molecule has 0 atom stereocenters. The molecule has 6 heterocycles. The maximum atomic E-state index is 13.8. The third-order valence-electron chi connectivity index (χ3n) is 10.1. The zero-order valence-electron chi connectivity index (χ0n) is 33.2. The Balaban J connectivity index is 0.000000142. The molecule has 0 bridgehead atoms. The molecule has 9 rings (SSSR count). The SMILES string of the molecule is Cc1c(C(N)=O)[nH]c2c(-c3ccncc3)cc(F)cc12.Cn1c(C(N)=O)cc2cc(C#N)cc(-c3ccnc(Cl)c3)c21.N#Cc1cc(-c2ccnc(Cl)c2)c2[nH]c(C(N)=O)cc2c1. The van der Waals surface area contributed by atoms with E-state index in [0.29, 0.717) is 60.5 Å². The van der Waals surface area contributed by atoms with Gasteiger partial charge in [-0.15, -0.1) is 0 Å². The highest BCUT2D eigenvalue weighted by Crippen LogP contribution is 2.35. The van der Waals surface area contributed by atoms with Crippen LogP contribution in [0.1, 0.15) is 48.2 Å². The van der Waals surface area contributed by atoms with Crippen LogP contribution in [-0.2, 0) is 7.05 Å². The fraction of sp³-hybridized carbons (Fsp3) is 0.0435. The van der Waals surface area contributed by atoms with Crippen LogP contribution < -0.4 is 17.2 Å². The number of aromatic nitrogens is 6. The van der Waals surface area contributed by atoms with Crippen LogP contribution in [-0.4, -0.2) is 47.2 Å². The van der Waals surface area contributed by atoms with Gasteiger partial charge in [-0.2, -0.15) is 10.5 Å². The standard InChI is InChI=1S/C16H11ClN4O.C15H9ClN4O.C15H12FN3O/c1-21-13(16(19)22)6-11-4-9(8-18)5-12(15(11)21)10-2-3-20-14(17)7-10;16-13-6-9(1-2-19-13)11-4-8(7-17)3-10-5-12(15(18)21)20-14(10)11;1-8-11-6-10(16)7-12(9-2-4-18-5-3-9)14(11)19-13(8)15(17)20/h2-7H,1H3,(H2,19,22);1-6,20H,(H2,18,21);2-7,19H,1H3,(H2,17,20). The molecule has 8 N–H and O–H groups in total. The number of amides is 3. The maximum absolute atomic E-state index is 13.8. The molecule has 17 heteroatoms. The van der Waals surface area contributed by atoms with Crippen LogP contribution in [0.15, 0.2) is 110 Å². The summed E-state index contributed by atoms with van der Waals surface area (Å²) in [5, 5.41) is 21.3. The number of nitrogens with two attached hydrogens (primary N) is 3. The number of halogens is 3. The van der Waals surface area contributed by atoms with Crippen LogP contribution in [0.25, 0.3) is 66.1 Å². The number of aryl methyl sites for hydroxylation is 2. The van der Waals surface area contributed by atoms with Gasteiger partial charge in [0.2, 0.25) is 0 Å². The Morgan fingerprint density at radius 2 is 1.24 bits per heavy atom. The first kappa shape index (κ1) is 42.7. The number of pyridine rings is 3. The topological polar surface area (TPSA) is 252 Å². The lowest BCUT2D eigenvalue weighted by Gasteiger charge is -2.08. The second kappa shape index (κ2) is 17.7. The van der Waals surface area contributed by atoms with Gasteiger partial charge < -0.3 is 31.7 Å². The van der Waals surface area contributed by atoms with E-state index in [0.717, 1.165) is 49.6 Å². The molecule has 6 aromatic heterocycles. The minimum Gasteiger partial charge on any atom is -0.364 e. The predicted octanol–water partition coefficient (Wildman–Crippen LogP) is 8.49. The van der Waals surface area contributed by atoms with E-state index in [1.807, 2.05) is 0 Å². The number of hydrogen-bond donors (Lipinski definition) is 5. The van der Waals surface area contributed by atoms with Crippen molar-refractivity contribution in [2.45, 2.75) is 6.92 Å². The highest BCUT2D eigenvalue weighted by molar-refractivity contribution is 6.30. The summed E-state index contributed by atoms with van der Waals surface area (Å²) in [5.41, 5.74) is 25.6. The van der Waals surface area contributed by atoms with Crippen LogP contribution in [0.4, 0.5) is 4.39 Å². The second-order valence-corrected chi connectivity index (χ2v) is 14.8. The fourth-order valence-corrected chi connectivity index (χ4v) is 7.58. The number of nitrogens with zero attached hydrogens (tertiary/aromatic N) is 6. The number of carbonyl (C=O) groups excluding carboxylic acids is 3. The molecule has 14 nitrogen and oxygen atoms in total. The number of fused-ring (bicyclic) bond motifs is 3. The number of hydrogen-bond acceptors (Lipinski definition) is 8. The molecule has 310 valence electrons. The number of benzene rings is 3. The molecule has 3 amide bonds. The van der Waals surface area contributed by atoms with Gasteiger partial charge in [0.1, 0.15) is 33.2 Å². The minimum absolute atomic E-state index is 0.293.